The van der Waals surface area contributed by atoms with Gasteiger partial charge in [-0.2, -0.15) is 79.2 Å². The molecule has 0 saturated heterocycles. The first-order chi connectivity index (χ1) is 39.9. The molecule has 4 aromatic heterocycles. The third-order valence-electron chi connectivity index (χ3n) is 11.6. The zero-order valence-electron chi connectivity index (χ0n) is 42.5. The normalized spacial score (nSPS) is 13.3. The number of aromatic nitrogens is 8. The molecule has 86 heavy (non-hydrogen) atoms. The summed E-state index contributed by atoms with van der Waals surface area (Å²) in [5, 5.41) is 1.14. The van der Waals surface area contributed by atoms with Gasteiger partial charge < -0.3 is 18.8 Å². The minimum Gasteiger partial charge on any atom is -0.450 e. The lowest BCUT2D eigenvalue weighted by molar-refractivity contribution is 0.478. The number of hydrogen-bond donors (Lipinski definition) is 12. The number of hydrogen-bond acceptors (Lipinski definition) is 24. The summed E-state index contributed by atoms with van der Waals surface area (Å²) >= 11 is 13.9. The van der Waals surface area contributed by atoms with Gasteiger partial charge in [0, 0.05) is 13.1 Å². The molecule has 4 heterocycles. The van der Waals surface area contributed by atoms with E-state index in [4.69, 9.17) is 32.0 Å². The Kier molecular flexibility index (Phi) is 16.5. The Hall–Kier alpha value is -7.98. The van der Waals surface area contributed by atoms with E-state index >= 15 is 8.78 Å². The molecule has 0 atom stereocenters. The van der Waals surface area contributed by atoms with E-state index in [0.717, 1.165) is 22.2 Å². The number of rotatable bonds is 18. The van der Waals surface area contributed by atoms with Gasteiger partial charge in [0.2, 0.25) is 23.1 Å². The molecule has 0 spiro atoms. The van der Waals surface area contributed by atoms with Crippen LogP contribution >= 0.6 is 23.2 Å². The Bertz CT molecular complexity index is 4950. The standard InChI is InChI=1S/C42H36Cl2F2N14O20S6/c1-3-13-59(57-41-53-37(45)51-39(55-41)49-21-15-17(81(61,62)63)5-11-25(21)83(67,68)69)23-9-7-19-31(35(23)85(73,74)75)79-33-27(43)30-34(28(44)29(33)47-19)80-32-20(48-30)8-10-24(36(32)86(76,77)78)60(14-4-2)58-42-54-38(46)52-40(56-42)50-22-16-18(82(64,65)66)6-12-26(22)84(70,71)72/h5-12,15-16,47-48H,3-4,13-14H2,1-2H3,(H,61,62,63)(H,64,65,66)(H,67,68,69)(H,70,71,72)(H,73,74,75)(H,76,77,78)(H2,49,51,53,55,57)(H2,50,52,54,56,58). The van der Waals surface area contributed by atoms with Crippen molar-refractivity contribution in [3.8, 4) is 0 Å². The highest BCUT2D eigenvalue weighted by molar-refractivity contribution is 7.87. The zero-order chi connectivity index (χ0) is 63.0. The highest BCUT2D eigenvalue weighted by Crippen LogP contribution is 2.44. The van der Waals surface area contributed by atoms with Gasteiger partial charge in [0.15, 0.2) is 32.1 Å². The Morgan fingerprint density at radius 3 is 1.17 bits per heavy atom. The van der Waals surface area contributed by atoms with Crippen LogP contribution < -0.4 is 32.1 Å². The van der Waals surface area contributed by atoms with E-state index in [0.29, 0.717) is 36.4 Å². The Balaban J connectivity index is 1.15. The van der Waals surface area contributed by atoms with E-state index < -0.39 is 180 Å². The van der Waals surface area contributed by atoms with Crippen LogP contribution in [0.3, 0.4) is 0 Å². The van der Waals surface area contributed by atoms with Gasteiger partial charge >= 0.3 is 32.4 Å². The molecule has 0 bridgehead atoms. The lowest BCUT2D eigenvalue weighted by atomic mass is 10.2. The summed E-state index contributed by atoms with van der Waals surface area (Å²) in [5.74, 6) is -1.29. The predicted octanol–water partition coefficient (Wildman–Crippen LogP) is 5.52. The average molecular weight is 1360 g/mol. The van der Waals surface area contributed by atoms with Crippen LogP contribution in [0.1, 0.15) is 26.7 Å². The van der Waals surface area contributed by atoms with Crippen LogP contribution in [0.2, 0.25) is 10.0 Å². The fraction of sp³-hybridized carbons (Fsp3) is 0.143. The molecule has 44 heteroatoms. The molecule has 0 aliphatic carbocycles. The van der Waals surface area contributed by atoms with Crippen LogP contribution in [0, 0.1) is 12.2 Å². The molecule has 0 saturated carbocycles. The van der Waals surface area contributed by atoms with Gasteiger partial charge in [0.05, 0.1) is 43.6 Å². The molecule has 0 radical (unpaired) electrons. The van der Waals surface area contributed by atoms with Gasteiger partial charge in [-0.15, -0.1) is 0 Å². The smallest absolute Gasteiger partial charge is 0.315 e. The van der Waals surface area contributed by atoms with E-state index in [2.05, 4.69) is 60.7 Å². The summed E-state index contributed by atoms with van der Waals surface area (Å²) in [6, 6.07) is 8.08. The quantitative estimate of drug-likeness (QED) is 0.0286. The van der Waals surface area contributed by atoms with Crippen molar-refractivity contribution in [1.82, 2.24) is 39.9 Å². The van der Waals surface area contributed by atoms with E-state index in [1.807, 2.05) is 0 Å². The van der Waals surface area contributed by atoms with Gasteiger partial charge in [-0.05, 0) is 73.5 Å². The monoisotopic (exact) mass is 1360 g/mol. The lowest BCUT2D eigenvalue weighted by Gasteiger charge is -2.27. The predicted molar refractivity (Wildman–Crippen MR) is 295 cm³/mol. The average Bonchev–Trinajstić information content (AvgIpc) is 0.837. The molecule has 0 amide bonds. The van der Waals surface area contributed by atoms with Crippen LogP contribution in [0.25, 0.3) is 44.4 Å². The maximum Gasteiger partial charge on any atom is 0.315 e. The summed E-state index contributed by atoms with van der Waals surface area (Å²) in [7, 11) is -31.1. The second kappa shape index (κ2) is 22.7. The number of anilines is 4. The molecular weight excluding hydrogens is 1320 g/mol. The third kappa shape index (κ3) is 12.9. The van der Waals surface area contributed by atoms with Crippen molar-refractivity contribution < 1.29 is 95.4 Å². The number of halogens is 4. The van der Waals surface area contributed by atoms with E-state index in [9.17, 15) is 77.8 Å². The molecule has 0 aliphatic rings. The topological polar surface area (TPSA) is 522 Å². The molecule has 458 valence electrons. The van der Waals surface area contributed by atoms with Crippen molar-refractivity contribution in [1.29, 1.82) is 0 Å². The lowest BCUT2D eigenvalue weighted by Crippen LogP contribution is -2.34. The van der Waals surface area contributed by atoms with Crippen molar-refractivity contribution in [2.24, 2.45) is 9.98 Å². The van der Waals surface area contributed by atoms with E-state index in [-0.39, 0.29) is 48.0 Å². The Morgan fingerprint density at radius 1 is 0.500 bits per heavy atom. The second-order valence-corrected chi connectivity index (χ2v) is 26.6. The summed E-state index contributed by atoms with van der Waals surface area (Å²) in [6.07, 6.45) is -2.80. The molecule has 34 nitrogen and oxygen atoms in total. The first-order valence-electron chi connectivity index (χ1n) is 23.3. The van der Waals surface area contributed by atoms with Gasteiger partial charge in [-0.1, -0.05) is 37.0 Å². The van der Waals surface area contributed by atoms with Crippen LogP contribution in [0.5, 0.6) is 0 Å². The summed E-state index contributed by atoms with van der Waals surface area (Å²) < 4.78 is 252. The first-order valence-corrected chi connectivity index (χ1v) is 32.7. The molecule has 0 unspecified atom stereocenters. The van der Waals surface area contributed by atoms with Crippen LogP contribution in [-0.4, -0.2) is 131 Å². The molecule has 0 fully saturated rings. The van der Waals surface area contributed by atoms with E-state index in [1.54, 1.807) is 13.8 Å². The number of nitrogens with zero attached hydrogens (tertiary/aromatic N) is 8. The van der Waals surface area contributed by atoms with Crippen LogP contribution in [0.15, 0.2) is 109 Å². The number of H-pyrrole nitrogens is 4. The molecule has 0 aliphatic heterocycles. The Morgan fingerprint density at radius 2 is 0.860 bits per heavy atom. The molecule has 9 aromatic rings. The Labute approximate surface area is 489 Å². The van der Waals surface area contributed by atoms with E-state index in [1.165, 1.54) is 12.1 Å². The molecule has 9 rings (SSSR count). The second-order valence-electron chi connectivity index (χ2n) is 17.5. The van der Waals surface area contributed by atoms with Crippen LogP contribution in [-0.2, 0) is 60.7 Å². The fourth-order valence-electron chi connectivity index (χ4n) is 8.24. The van der Waals surface area contributed by atoms with Gasteiger partial charge in [0.1, 0.15) is 30.9 Å². The fourth-order valence-corrected chi connectivity index (χ4v) is 12.6. The minimum atomic E-state index is -5.41. The highest BCUT2D eigenvalue weighted by atomic mass is 35.5. The minimum absolute atomic E-state index is 0.167. The molecule has 12 N–H and O–H groups in total. The van der Waals surface area contributed by atoms with Crippen LogP contribution in [0.4, 0.5) is 43.4 Å². The number of aromatic amines is 4. The van der Waals surface area contributed by atoms with Gasteiger partial charge in [-0.25, -0.2) is 9.98 Å². The van der Waals surface area contributed by atoms with Gasteiger partial charge in [-0.3, -0.25) is 58.2 Å². The maximum absolute atomic E-state index is 15.1. The van der Waals surface area contributed by atoms with Crippen molar-refractivity contribution in [2.75, 3.05) is 34.0 Å². The van der Waals surface area contributed by atoms with Gasteiger partial charge in [0.25, 0.3) is 40.5 Å². The maximum atomic E-state index is 15.1. The SMILES string of the molecule is CCCN(Nc1nc(F)nc(=Nc2cc(S(=O)(=O)O)ccc2S(=O)(=O)O)[nH]1)c1ccc2[nH]c3c(Cl)c4oc5c(S(=O)(=O)O)c(N(CCC)Nc6nc(F)nc(=Nc7cc(S(=O)(=O)O)ccc7S(=O)(=O)O)[nH]6)ccc5[nH]c4c(Cl)c3oc2c1S(=O)(=O)O. The number of nitrogens with one attached hydrogen (secondary N) is 6. The number of benzene rings is 5. The zero-order valence-corrected chi connectivity index (χ0v) is 49.0. The number of fused-ring (bicyclic) bond motifs is 4. The summed E-state index contributed by atoms with van der Waals surface area (Å²) in [4.78, 5) is 26.1. The number of hydrazine groups is 2. The largest absolute Gasteiger partial charge is 0.450 e. The third-order valence-corrected chi connectivity index (χ3v) is 17.6. The van der Waals surface area contributed by atoms with Crippen molar-refractivity contribution in [2.45, 2.75) is 56.1 Å². The van der Waals surface area contributed by atoms with Crippen molar-refractivity contribution in [3.63, 3.8) is 0 Å². The van der Waals surface area contributed by atoms with Crippen molar-refractivity contribution in [3.05, 3.63) is 94.1 Å². The summed E-state index contributed by atoms with van der Waals surface area (Å²) in [5.41, 5.74) is -2.26. The first kappa shape index (κ1) is 62.5. The molecule has 5 aromatic carbocycles. The summed E-state index contributed by atoms with van der Waals surface area (Å²) in [6.45, 7) is 2.83. The molecular formula is C42H36Cl2F2N14O20S6. The van der Waals surface area contributed by atoms with Crippen molar-refractivity contribution >= 4 is 163 Å². The highest BCUT2D eigenvalue weighted by Gasteiger charge is 2.31.